The molecule has 2 N–H and O–H groups in total. The van der Waals surface area contributed by atoms with Crippen LogP contribution in [-0.4, -0.2) is 37.1 Å². The third-order valence-electron chi connectivity index (χ3n) is 3.34. The van der Waals surface area contributed by atoms with Gasteiger partial charge in [0.2, 0.25) is 0 Å². The van der Waals surface area contributed by atoms with Crippen molar-refractivity contribution in [3.05, 3.63) is 28.2 Å². The molecule has 2 rings (SSSR count). The number of rotatable bonds is 4. The van der Waals surface area contributed by atoms with E-state index in [-0.39, 0.29) is 6.03 Å². The number of carbonyl (C=O) groups excluding carboxylic acids is 1. The van der Waals surface area contributed by atoms with Crippen molar-refractivity contribution in [1.29, 1.82) is 0 Å². The van der Waals surface area contributed by atoms with Crippen molar-refractivity contribution in [2.24, 2.45) is 0 Å². The summed E-state index contributed by atoms with van der Waals surface area (Å²) in [5, 5.41) is 6.53. The van der Waals surface area contributed by atoms with E-state index >= 15 is 0 Å². The molecule has 0 saturated carbocycles. The molecule has 20 heavy (non-hydrogen) atoms. The minimum atomic E-state index is -0.244. The second-order valence-corrected chi connectivity index (χ2v) is 5.75. The van der Waals surface area contributed by atoms with E-state index in [1.54, 1.807) is 18.2 Å². The van der Waals surface area contributed by atoms with E-state index in [2.05, 4.69) is 15.5 Å². The summed E-state index contributed by atoms with van der Waals surface area (Å²) >= 11 is 11.8. The number of anilines is 1. The fraction of sp³-hybridized carbons (Fsp3) is 0.500. The van der Waals surface area contributed by atoms with Crippen molar-refractivity contribution >= 4 is 34.9 Å². The summed E-state index contributed by atoms with van der Waals surface area (Å²) in [5.74, 6) is 0. The van der Waals surface area contributed by atoms with Crippen LogP contribution >= 0.6 is 23.2 Å². The average molecular weight is 316 g/mol. The van der Waals surface area contributed by atoms with Crippen LogP contribution < -0.4 is 10.6 Å². The third kappa shape index (κ3) is 4.85. The molecule has 1 aliphatic rings. The van der Waals surface area contributed by atoms with E-state index in [1.165, 1.54) is 19.3 Å². The van der Waals surface area contributed by atoms with Gasteiger partial charge in [0.05, 0.1) is 10.7 Å². The Morgan fingerprint density at radius 3 is 2.65 bits per heavy atom. The molecule has 1 aliphatic heterocycles. The Hall–Kier alpha value is -0.970. The third-order valence-corrected chi connectivity index (χ3v) is 3.89. The van der Waals surface area contributed by atoms with Gasteiger partial charge >= 0.3 is 6.03 Å². The van der Waals surface area contributed by atoms with Gasteiger partial charge in [0, 0.05) is 18.1 Å². The molecule has 1 fully saturated rings. The number of piperidine rings is 1. The lowest BCUT2D eigenvalue weighted by molar-refractivity contribution is 0.224. The van der Waals surface area contributed by atoms with Crippen molar-refractivity contribution in [1.82, 2.24) is 10.2 Å². The zero-order valence-corrected chi connectivity index (χ0v) is 12.8. The summed E-state index contributed by atoms with van der Waals surface area (Å²) in [4.78, 5) is 14.1. The van der Waals surface area contributed by atoms with E-state index in [1.807, 2.05) is 0 Å². The van der Waals surface area contributed by atoms with E-state index in [0.29, 0.717) is 22.3 Å². The molecular formula is C14H19Cl2N3O. The molecule has 110 valence electrons. The molecular weight excluding hydrogens is 297 g/mol. The van der Waals surface area contributed by atoms with Gasteiger partial charge in [-0.3, -0.25) is 0 Å². The Morgan fingerprint density at radius 2 is 1.95 bits per heavy atom. The highest BCUT2D eigenvalue weighted by atomic mass is 35.5. The standard InChI is InChI=1S/C14H19Cl2N3O/c15-11-4-5-13(12(16)10-11)18-14(20)17-6-9-19-7-2-1-3-8-19/h4-5,10H,1-3,6-9H2,(H2,17,18,20). The number of halogens is 2. The molecule has 0 atom stereocenters. The van der Waals surface area contributed by atoms with Gasteiger partial charge in [0.15, 0.2) is 0 Å². The van der Waals surface area contributed by atoms with Crippen molar-refractivity contribution in [2.75, 3.05) is 31.5 Å². The van der Waals surface area contributed by atoms with Gasteiger partial charge in [0.25, 0.3) is 0 Å². The lowest BCUT2D eigenvalue weighted by Gasteiger charge is -2.26. The maximum absolute atomic E-state index is 11.8. The predicted octanol–water partition coefficient (Wildman–Crippen LogP) is 3.60. The van der Waals surface area contributed by atoms with Gasteiger partial charge in [-0.15, -0.1) is 0 Å². The Kier molecular flexibility index (Phi) is 5.95. The zero-order chi connectivity index (χ0) is 14.4. The van der Waals surface area contributed by atoms with Crippen LogP contribution in [0.1, 0.15) is 19.3 Å². The van der Waals surface area contributed by atoms with E-state index in [0.717, 1.165) is 19.6 Å². The number of hydrogen-bond donors (Lipinski definition) is 2. The van der Waals surface area contributed by atoms with E-state index in [4.69, 9.17) is 23.2 Å². The molecule has 0 bridgehead atoms. The number of nitrogens with zero attached hydrogens (tertiary/aromatic N) is 1. The van der Waals surface area contributed by atoms with Crippen molar-refractivity contribution < 1.29 is 4.79 Å². The highest BCUT2D eigenvalue weighted by Crippen LogP contribution is 2.25. The fourth-order valence-electron chi connectivity index (χ4n) is 2.27. The van der Waals surface area contributed by atoms with Crippen LogP contribution in [0.5, 0.6) is 0 Å². The Morgan fingerprint density at radius 1 is 1.20 bits per heavy atom. The molecule has 0 aliphatic carbocycles. The largest absolute Gasteiger partial charge is 0.337 e. The molecule has 2 amide bonds. The van der Waals surface area contributed by atoms with Crippen molar-refractivity contribution in [2.45, 2.75) is 19.3 Å². The second kappa shape index (κ2) is 7.72. The minimum absolute atomic E-state index is 0.244. The second-order valence-electron chi connectivity index (χ2n) is 4.91. The van der Waals surface area contributed by atoms with Crippen LogP contribution in [-0.2, 0) is 0 Å². The first-order chi connectivity index (χ1) is 9.65. The summed E-state index contributed by atoms with van der Waals surface area (Å²) in [5.41, 5.74) is 0.562. The van der Waals surface area contributed by atoms with Gasteiger partial charge < -0.3 is 15.5 Å². The van der Waals surface area contributed by atoms with Gasteiger partial charge in [-0.05, 0) is 44.1 Å². The van der Waals surface area contributed by atoms with Gasteiger partial charge in [-0.1, -0.05) is 29.6 Å². The molecule has 1 heterocycles. The highest BCUT2D eigenvalue weighted by molar-refractivity contribution is 6.36. The number of benzene rings is 1. The molecule has 6 heteroatoms. The average Bonchev–Trinajstić information content (AvgIpc) is 2.43. The van der Waals surface area contributed by atoms with Crippen LogP contribution in [0.25, 0.3) is 0 Å². The van der Waals surface area contributed by atoms with Crippen LogP contribution in [0, 0.1) is 0 Å². The monoisotopic (exact) mass is 315 g/mol. The molecule has 1 saturated heterocycles. The Labute approximate surface area is 129 Å². The first-order valence-corrected chi connectivity index (χ1v) is 7.63. The number of carbonyl (C=O) groups is 1. The molecule has 0 radical (unpaired) electrons. The molecule has 0 aromatic heterocycles. The number of urea groups is 1. The summed E-state index contributed by atoms with van der Waals surface area (Å²) < 4.78 is 0. The summed E-state index contributed by atoms with van der Waals surface area (Å²) in [6, 6.07) is 4.74. The minimum Gasteiger partial charge on any atom is -0.337 e. The van der Waals surface area contributed by atoms with Crippen LogP contribution in [0.3, 0.4) is 0 Å². The Bertz CT molecular complexity index is 462. The van der Waals surface area contributed by atoms with Crippen molar-refractivity contribution in [3.63, 3.8) is 0 Å². The molecule has 4 nitrogen and oxygen atoms in total. The highest BCUT2D eigenvalue weighted by Gasteiger charge is 2.10. The lowest BCUT2D eigenvalue weighted by Crippen LogP contribution is -2.39. The SMILES string of the molecule is O=C(NCCN1CCCCC1)Nc1ccc(Cl)cc1Cl. The number of nitrogens with one attached hydrogen (secondary N) is 2. The quantitative estimate of drug-likeness (QED) is 0.891. The number of likely N-dealkylation sites (tertiary alicyclic amines) is 1. The summed E-state index contributed by atoms with van der Waals surface area (Å²) in [6.45, 7) is 3.79. The topological polar surface area (TPSA) is 44.4 Å². The molecule has 0 spiro atoms. The van der Waals surface area contributed by atoms with Crippen LogP contribution in [0.2, 0.25) is 10.0 Å². The van der Waals surface area contributed by atoms with Crippen molar-refractivity contribution in [3.8, 4) is 0 Å². The number of hydrogen-bond acceptors (Lipinski definition) is 2. The summed E-state index contributed by atoms with van der Waals surface area (Å²) in [7, 11) is 0. The van der Waals surface area contributed by atoms with Gasteiger partial charge in [0.1, 0.15) is 0 Å². The van der Waals surface area contributed by atoms with E-state index in [9.17, 15) is 4.79 Å². The van der Waals surface area contributed by atoms with Gasteiger partial charge in [-0.2, -0.15) is 0 Å². The predicted molar refractivity (Wildman–Crippen MR) is 83.8 cm³/mol. The van der Waals surface area contributed by atoms with Crippen LogP contribution in [0.4, 0.5) is 10.5 Å². The molecule has 0 unspecified atom stereocenters. The van der Waals surface area contributed by atoms with Gasteiger partial charge in [-0.25, -0.2) is 4.79 Å². The molecule has 1 aromatic rings. The zero-order valence-electron chi connectivity index (χ0n) is 11.3. The normalized spacial score (nSPS) is 15.9. The maximum atomic E-state index is 11.8. The molecule has 1 aromatic carbocycles. The first kappa shape index (κ1) is 15.4. The Balaban J connectivity index is 1.72. The van der Waals surface area contributed by atoms with E-state index < -0.39 is 0 Å². The summed E-state index contributed by atoms with van der Waals surface area (Å²) in [6.07, 6.45) is 3.83. The smallest absolute Gasteiger partial charge is 0.319 e. The lowest BCUT2D eigenvalue weighted by atomic mass is 10.1. The van der Waals surface area contributed by atoms with Crippen LogP contribution in [0.15, 0.2) is 18.2 Å². The fourth-order valence-corrected chi connectivity index (χ4v) is 2.72. The first-order valence-electron chi connectivity index (χ1n) is 6.87. The maximum Gasteiger partial charge on any atom is 0.319 e. The number of amides is 2.